The predicted molar refractivity (Wildman–Crippen MR) is 55.9 cm³/mol. The number of fused-ring (bicyclic) bond motifs is 1. The second-order valence-corrected chi connectivity index (χ2v) is 4.46. The fourth-order valence-electron chi connectivity index (χ4n) is 1.35. The van der Waals surface area contributed by atoms with Gasteiger partial charge in [0, 0.05) is 6.42 Å². The van der Waals surface area contributed by atoms with Crippen molar-refractivity contribution in [3.8, 4) is 0 Å². The summed E-state index contributed by atoms with van der Waals surface area (Å²) in [6.07, 6.45) is -3.07. The second kappa shape index (κ2) is 4.57. The molecule has 17 heavy (non-hydrogen) atoms. The van der Waals surface area contributed by atoms with Crippen LogP contribution >= 0.6 is 11.3 Å². The van der Waals surface area contributed by atoms with Crippen LogP contribution in [0.2, 0.25) is 0 Å². The van der Waals surface area contributed by atoms with E-state index >= 15 is 0 Å². The van der Waals surface area contributed by atoms with Crippen LogP contribution in [-0.2, 0) is 12.6 Å². The fraction of sp³-hybridized carbons (Fsp3) is 0.625. The summed E-state index contributed by atoms with van der Waals surface area (Å²) in [7, 11) is 1.82. The topological polar surface area (TPSA) is 55.1 Å². The maximum Gasteiger partial charge on any atom is 0.453 e. The molecule has 0 fully saturated rings. The van der Waals surface area contributed by atoms with Gasteiger partial charge in [-0.05, 0) is 20.0 Å². The third-order valence-electron chi connectivity index (χ3n) is 2.10. The Morgan fingerprint density at radius 1 is 1.35 bits per heavy atom. The van der Waals surface area contributed by atoms with Crippen LogP contribution in [0.4, 0.5) is 13.2 Å². The molecule has 0 aliphatic carbocycles. The molecule has 2 aromatic rings. The molecule has 0 aromatic carbocycles. The highest BCUT2D eigenvalue weighted by molar-refractivity contribution is 7.16. The summed E-state index contributed by atoms with van der Waals surface area (Å²) in [5.41, 5.74) is 0. The summed E-state index contributed by atoms with van der Waals surface area (Å²) in [5.74, 6) is -1.07. The van der Waals surface area contributed by atoms with Crippen LogP contribution in [0.3, 0.4) is 0 Å². The third kappa shape index (κ3) is 2.55. The number of hydrogen-bond acceptors (Lipinski definition) is 5. The number of rotatable bonds is 4. The molecule has 0 radical (unpaired) electrons. The first kappa shape index (κ1) is 12.2. The second-order valence-electron chi connectivity index (χ2n) is 3.42. The highest BCUT2D eigenvalue weighted by atomic mass is 32.1. The van der Waals surface area contributed by atoms with Gasteiger partial charge in [0.05, 0.1) is 0 Å². The monoisotopic (exact) mass is 265 g/mol. The lowest BCUT2D eigenvalue weighted by Gasteiger charge is -2.00. The van der Waals surface area contributed by atoms with E-state index in [1.807, 2.05) is 7.05 Å². The van der Waals surface area contributed by atoms with Crippen molar-refractivity contribution < 1.29 is 13.2 Å². The van der Waals surface area contributed by atoms with Gasteiger partial charge in [-0.2, -0.15) is 22.8 Å². The molecular weight excluding hydrogens is 255 g/mol. The number of hydrogen-bond donors (Lipinski definition) is 1. The molecular formula is C8H10F3N5S. The van der Waals surface area contributed by atoms with Gasteiger partial charge in [-0.25, -0.2) is 0 Å². The van der Waals surface area contributed by atoms with E-state index in [1.165, 1.54) is 0 Å². The summed E-state index contributed by atoms with van der Waals surface area (Å²) in [6.45, 7) is 0.798. The minimum Gasteiger partial charge on any atom is -0.320 e. The fourth-order valence-corrected chi connectivity index (χ4v) is 2.23. The molecule has 0 amide bonds. The Hall–Kier alpha value is -1.22. The molecule has 1 N–H and O–H groups in total. The first-order valence-corrected chi connectivity index (χ1v) is 5.77. The summed E-state index contributed by atoms with van der Waals surface area (Å²) in [6, 6.07) is 0. The highest BCUT2D eigenvalue weighted by Gasteiger charge is 2.38. The lowest BCUT2D eigenvalue weighted by atomic mass is 10.3. The Balaban J connectivity index is 2.23. The van der Waals surface area contributed by atoms with Crippen molar-refractivity contribution in [3.63, 3.8) is 0 Å². The van der Waals surface area contributed by atoms with Crippen molar-refractivity contribution in [2.24, 2.45) is 0 Å². The van der Waals surface area contributed by atoms with Gasteiger partial charge in [-0.3, -0.25) is 0 Å². The summed E-state index contributed by atoms with van der Waals surface area (Å²) in [5, 5.41) is 14.0. The number of nitrogens with one attached hydrogen (secondary N) is 1. The van der Waals surface area contributed by atoms with E-state index < -0.39 is 12.0 Å². The molecule has 5 nitrogen and oxygen atoms in total. The van der Waals surface area contributed by atoms with Gasteiger partial charge >= 0.3 is 6.18 Å². The Labute approximate surface area is 98.7 Å². The molecule has 94 valence electrons. The lowest BCUT2D eigenvalue weighted by Crippen LogP contribution is -2.12. The number of nitrogens with zero attached hydrogens (tertiary/aromatic N) is 4. The average Bonchev–Trinajstić information content (AvgIpc) is 2.74. The van der Waals surface area contributed by atoms with E-state index in [0.29, 0.717) is 11.4 Å². The molecule has 0 saturated heterocycles. The lowest BCUT2D eigenvalue weighted by molar-refractivity contribution is -0.146. The third-order valence-corrected chi connectivity index (χ3v) is 3.06. The normalized spacial score (nSPS) is 12.5. The van der Waals surface area contributed by atoms with Gasteiger partial charge in [0.25, 0.3) is 5.82 Å². The molecule has 0 aliphatic heterocycles. The Morgan fingerprint density at radius 2 is 2.12 bits per heavy atom. The SMILES string of the molecule is CNCCCc1nn2c(C(F)(F)F)nnc2s1. The Kier molecular flexibility index (Phi) is 3.29. The quantitative estimate of drug-likeness (QED) is 0.848. The van der Waals surface area contributed by atoms with Crippen LogP contribution in [0.25, 0.3) is 4.96 Å². The van der Waals surface area contributed by atoms with Gasteiger partial charge < -0.3 is 5.32 Å². The van der Waals surface area contributed by atoms with Gasteiger partial charge in [-0.1, -0.05) is 11.3 Å². The summed E-state index contributed by atoms with van der Waals surface area (Å²) in [4.78, 5) is 0.178. The van der Waals surface area contributed by atoms with Gasteiger partial charge in [0.15, 0.2) is 0 Å². The van der Waals surface area contributed by atoms with Gasteiger partial charge in [-0.15, -0.1) is 10.2 Å². The summed E-state index contributed by atoms with van der Waals surface area (Å²) >= 11 is 1.14. The molecule has 0 aliphatic rings. The van der Waals surface area contributed by atoms with Crippen molar-refractivity contribution >= 4 is 16.3 Å². The zero-order valence-electron chi connectivity index (χ0n) is 8.95. The molecule has 0 atom stereocenters. The Morgan fingerprint density at radius 3 is 2.76 bits per heavy atom. The smallest absolute Gasteiger partial charge is 0.320 e. The molecule has 9 heteroatoms. The van der Waals surface area contributed by atoms with Crippen molar-refractivity contribution in [1.82, 2.24) is 25.1 Å². The maximum absolute atomic E-state index is 12.5. The molecule has 0 saturated carbocycles. The number of alkyl halides is 3. The molecule has 0 unspecified atom stereocenters. The van der Waals surface area contributed by atoms with Gasteiger partial charge in [0.1, 0.15) is 5.01 Å². The van der Waals surface area contributed by atoms with Crippen LogP contribution in [0.5, 0.6) is 0 Å². The standard InChI is InChI=1S/C8H10F3N5S/c1-12-4-2-3-5-15-16-6(8(9,10)11)13-14-7(16)17-5/h12H,2-4H2,1H3. The zero-order valence-corrected chi connectivity index (χ0v) is 9.77. The first-order valence-electron chi connectivity index (χ1n) is 4.95. The molecule has 2 heterocycles. The van der Waals surface area contributed by atoms with E-state index in [9.17, 15) is 13.2 Å². The minimum absolute atomic E-state index is 0.178. The van der Waals surface area contributed by atoms with Crippen molar-refractivity contribution in [2.45, 2.75) is 19.0 Å². The largest absolute Gasteiger partial charge is 0.453 e. The summed E-state index contributed by atoms with van der Waals surface area (Å²) < 4.78 is 38.3. The minimum atomic E-state index is -4.52. The maximum atomic E-state index is 12.5. The zero-order chi connectivity index (χ0) is 12.5. The van der Waals surface area contributed by atoms with Crippen molar-refractivity contribution in [3.05, 3.63) is 10.8 Å². The highest BCUT2D eigenvalue weighted by Crippen LogP contribution is 2.29. The average molecular weight is 265 g/mol. The van der Waals surface area contributed by atoms with Gasteiger partial charge in [0.2, 0.25) is 4.96 Å². The van der Waals surface area contributed by atoms with Crippen LogP contribution < -0.4 is 5.32 Å². The number of halogens is 3. The van der Waals surface area contributed by atoms with E-state index in [-0.39, 0.29) is 4.96 Å². The van der Waals surface area contributed by atoms with E-state index in [0.717, 1.165) is 28.8 Å². The van der Waals surface area contributed by atoms with Crippen LogP contribution in [0.15, 0.2) is 0 Å². The van der Waals surface area contributed by atoms with Crippen molar-refractivity contribution in [2.75, 3.05) is 13.6 Å². The number of aryl methyl sites for hydroxylation is 1. The van der Waals surface area contributed by atoms with E-state index in [1.54, 1.807) is 0 Å². The van der Waals surface area contributed by atoms with Crippen LogP contribution in [0, 0.1) is 0 Å². The number of aromatic nitrogens is 4. The van der Waals surface area contributed by atoms with Crippen molar-refractivity contribution in [1.29, 1.82) is 0 Å². The van der Waals surface area contributed by atoms with Crippen LogP contribution in [0.1, 0.15) is 17.3 Å². The van der Waals surface area contributed by atoms with E-state index in [2.05, 4.69) is 20.6 Å². The predicted octanol–water partition coefficient (Wildman–Crippen LogP) is 1.36. The molecule has 0 bridgehead atoms. The first-order chi connectivity index (χ1) is 8.02. The molecule has 2 rings (SSSR count). The van der Waals surface area contributed by atoms with E-state index in [4.69, 9.17) is 0 Å². The van der Waals surface area contributed by atoms with Crippen LogP contribution in [-0.4, -0.2) is 33.4 Å². The molecule has 0 spiro atoms. The molecule has 2 aromatic heterocycles. The Bertz CT molecular complexity index is 503.